The van der Waals surface area contributed by atoms with Crippen LogP contribution in [-0.2, 0) is 0 Å². The molecule has 5 heteroatoms. The molecule has 19 heavy (non-hydrogen) atoms. The summed E-state index contributed by atoms with van der Waals surface area (Å²) in [6.45, 7) is 0. The lowest BCUT2D eigenvalue weighted by molar-refractivity contribution is 0.0928. The summed E-state index contributed by atoms with van der Waals surface area (Å²) in [5, 5.41) is 3.10. The van der Waals surface area contributed by atoms with Gasteiger partial charge in [-0.25, -0.2) is 0 Å². The number of halogens is 2. The first kappa shape index (κ1) is 15.3. The van der Waals surface area contributed by atoms with Crippen LogP contribution >= 0.6 is 38.5 Å². The molecule has 1 aliphatic carbocycles. The Kier molecular flexibility index (Phi) is 5.65. The predicted molar refractivity (Wildman–Crippen MR) is 89.2 cm³/mol. The van der Waals surface area contributed by atoms with Crippen molar-refractivity contribution in [2.75, 3.05) is 0 Å². The number of amides is 1. The van der Waals surface area contributed by atoms with E-state index in [0.717, 1.165) is 27.3 Å². The second kappa shape index (κ2) is 7.04. The fourth-order valence-corrected chi connectivity index (χ4v) is 3.37. The van der Waals surface area contributed by atoms with Crippen LogP contribution < -0.4 is 11.1 Å². The fourth-order valence-electron chi connectivity index (χ4n) is 2.43. The van der Waals surface area contributed by atoms with Crippen LogP contribution in [0, 0.1) is 3.57 Å². The molecule has 1 fully saturated rings. The molecule has 0 bridgehead atoms. The van der Waals surface area contributed by atoms with E-state index in [2.05, 4.69) is 43.8 Å². The Labute approximate surface area is 136 Å². The molecule has 0 radical (unpaired) electrons. The monoisotopic (exact) mass is 436 g/mol. The van der Waals surface area contributed by atoms with Crippen LogP contribution in [0.2, 0.25) is 0 Å². The van der Waals surface area contributed by atoms with Gasteiger partial charge in [0, 0.05) is 20.1 Å². The molecule has 0 spiro atoms. The normalized spacial score (nSPS) is 23.7. The van der Waals surface area contributed by atoms with Crippen LogP contribution in [0.3, 0.4) is 0 Å². The molecular formula is C14H18BrIN2O. The Morgan fingerprint density at radius 2 is 2.05 bits per heavy atom. The smallest absolute Gasteiger partial charge is 0.252 e. The van der Waals surface area contributed by atoms with E-state index in [4.69, 9.17) is 5.73 Å². The second-order valence-electron chi connectivity index (χ2n) is 5.01. The Morgan fingerprint density at radius 1 is 1.32 bits per heavy atom. The Hall–Kier alpha value is -0.140. The highest BCUT2D eigenvalue weighted by Crippen LogP contribution is 2.20. The van der Waals surface area contributed by atoms with E-state index >= 15 is 0 Å². The van der Waals surface area contributed by atoms with Gasteiger partial charge in [0.2, 0.25) is 0 Å². The van der Waals surface area contributed by atoms with E-state index in [9.17, 15) is 4.79 Å². The fraction of sp³-hybridized carbons (Fsp3) is 0.500. The summed E-state index contributed by atoms with van der Waals surface area (Å²) < 4.78 is 1.88. The zero-order chi connectivity index (χ0) is 13.8. The zero-order valence-corrected chi connectivity index (χ0v) is 14.4. The largest absolute Gasteiger partial charge is 0.348 e. The maximum absolute atomic E-state index is 12.4. The van der Waals surface area contributed by atoms with Crippen LogP contribution in [0.25, 0.3) is 0 Å². The minimum absolute atomic E-state index is 0.0203. The molecule has 1 aromatic rings. The average Bonchev–Trinajstić information content (AvgIpc) is 2.58. The molecule has 3 N–H and O–H groups in total. The molecular weight excluding hydrogens is 419 g/mol. The van der Waals surface area contributed by atoms with E-state index in [0.29, 0.717) is 5.56 Å². The quantitative estimate of drug-likeness (QED) is 0.551. The number of carbonyl (C=O) groups is 1. The van der Waals surface area contributed by atoms with Crippen molar-refractivity contribution in [3.63, 3.8) is 0 Å². The molecule has 1 saturated carbocycles. The Balaban J connectivity index is 2.09. The highest BCUT2D eigenvalue weighted by Gasteiger charge is 2.23. The van der Waals surface area contributed by atoms with Gasteiger partial charge in [0.15, 0.2) is 0 Å². The molecule has 1 aromatic carbocycles. The van der Waals surface area contributed by atoms with Crippen molar-refractivity contribution in [1.82, 2.24) is 5.32 Å². The SMILES string of the molecule is NC1CCCCCC1NC(=O)c1cc(Br)ccc1I. The third-order valence-electron chi connectivity index (χ3n) is 3.56. The summed E-state index contributed by atoms with van der Waals surface area (Å²) in [6, 6.07) is 5.92. The van der Waals surface area contributed by atoms with Crippen LogP contribution in [-0.4, -0.2) is 18.0 Å². The van der Waals surface area contributed by atoms with Gasteiger partial charge >= 0.3 is 0 Å². The van der Waals surface area contributed by atoms with Crippen molar-refractivity contribution in [3.05, 3.63) is 31.8 Å². The van der Waals surface area contributed by atoms with E-state index in [-0.39, 0.29) is 18.0 Å². The number of benzene rings is 1. The maximum Gasteiger partial charge on any atom is 0.252 e. The van der Waals surface area contributed by atoms with Gasteiger partial charge in [0.1, 0.15) is 0 Å². The zero-order valence-electron chi connectivity index (χ0n) is 10.7. The van der Waals surface area contributed by atoms with Crippen LogP contribution in [0.1, 0.15) is 42.5 Å². The van der Waals surface area contributed by atoms with Crippen LogP contribution in [0.5, 0.6) is 0 Å². The molecule has 1 aliphatic rings. The van der Waals surface area contributed by atoms with Crippen LogP contribution in [0.4, 0.5) is 0 Å². The summed E-state index contributed by atoms with van der Waals surface area (Å²) in [7, 11) is 0. The molecule has 2 atom stereocenters. The van der Waals surface area contributed by atoms with Gasteiger partial charge in [-0.15, -0.1) is 0 Å². The molecule has 1 amide bonds. The molecule has 0 aromatic heterocycles. The topological polar surface area (TPSA) is 55.1 Å². The van der Waals surface area contributed by atoms with E-state index in [1.165, 1.54) is 12.8 Å². The predicted octanol–water partition coefficient (Wildman–Crippen LogP) is 3.44. The van der Waals surface area contributed by atoms with Crippen LogP contribution in [0.15, 0.2) is 22.7 Å². The Bertz CT molecular complexity index is 467. The summed E-state index contributed by atoms with van der Waals surface area (Å²) >= 11 is 5.59. The van der Waals surface area contributed by atoms with Crippen molar-refractivity contribution in [3.8, 4) is 0 Å². The molecule has 0 aliphatic heterocycles. The second-order valence-corrected chi connectivity index (χ2v) is 7.08. The van der Waals surface area contributed by atoms with Crippen molar-refractivity contribution >= 4 is 44.4 Å². The van der Waals surface area contributed by atoms with E-state index in [1.807, 2.05) is 18.2 Å². The first-order valence-electron chi connectivity index (χ1n) is 6.59. The maximum atomic E-state index is 12.4. The number of hydrogen-bond donors (Lipinski definition) is 2. The molecule has 0 saturated heterocycles. The lowest BCUT2D eigenvalue weighted by atomic mass is 10.0. The van der Waals surface area contributed by atoms with Gasteiger partial charge in [0.25, 0.3) is 5.91 Å². The molecule has 2 rings (SSSR count). The highest BCUT2D eigenvalue weighted by atomic mass is 127. The summed E-state index contributed by atoms with van der Waals surface area (Å²) in [6.07, 6.45) is 5.52. The van der Waals surface area contributed by atoms with E-state index < -0.39 is 0 Å². The summed E-state index contributed by atoms with van der Waals surface area (Å²) in [4.78, 5) is 12.4. The number of hydrogen-bond acceptors (Lipinski definition) is 2. The van der Waals surface area contributed by atoms with Crippen molar-refractivity contribution in [2.45, 2.75) is 44.2 Å². The van der Waals surface area contributed by atoms with Gasteiger partial charge in [-0.3, -0.25) is 4.79 Å². The lowest BCUT2D eigenvalue weighted by Gasteiger charge is -2.23. The van der Waals surface area contributed by atoms with E-state index in [1.54, 1.807) is 0 Å². The lowest BCUT2D eigenvalue weighted by Crippen LogP contribution is -2.47. The van der Waals surface area contributed by atoms with Gasteiger partial charge in [-0.2, -0.15) is 0 Å². The summed E-state index contributed by atoms with van der Waals surface area (Å²) in [5.74, 6) is -0.0203. The van der Waals surface area contributed by atoms with Crippen molar-refractivity contribution in [2.24, 2.45) is 5.73 Å². The minimum atomic E-state index is -0.0203. The number of nitrogens with one attached hydrogen (secondary N) is 1. The van der Waals surface area contributed by atoms with Gasteiger partial charge in [-0.05, 0) is 53.6 Å². The average molecular weight is 437 g/mol. The third-order valence-corrected chi connectivity index (χ3v) is 4.99. The molecule has 0 heterocycles. The standard InChI is InChI=1S/C14H18BrIN2O/c15-9-6-7-11(16)10(8-9)14(19)18-13-5-3-1-2-4-12(13)17/h6-8,12-13H,1-5,17H2,(H,18,19). The summed E-state index contributed by atoms with van der Waals surface area (Å²) in [5.41, 5.74) is 6.86. The molecule has 104 valence electrons. The molecule has 2 unspecified atom stereocenters. The van der Waals surface area contributed by atoms with Gasteiger partial charge < -0.3 is 11.1 Å². The molecule has 3 nitrogen and oxygen atoms in total. The third kappa shape index (κ3) is 4.16. The first-order chi connectivity index (χ1) is 9.08. The van der Waals surface area contributed by atoms with Gasteiger partial charge in [-0.1, -0.05) is 35.2 Å². The Morgan fingerprint density at radius 3 is 2.84 bits per heavy atom. The number of carbonyl (C=O) groups excluding carboxylic acids is 1. The number of nitrogens with two attached hydrogens (primary N) is 1. The number of rotatable bonds is 2. The minimum Gasteiger partial charge on any atom is -0.348 e. The van der Waals surface area contributed by atoms with Gasteiger partial charge in [0.05, 0.1) is 5.56 Å². The van der Waals surface area contributed by atoms with Crippen molar-refractivity contribution < 1.29 is 4.79 Å². The first-order valence-corrected chi connectivity index (χ1v) is 8.46. The highest BCUT2D eigenvalue weighted by molar-refractivity contribution is 14.1. The van der Waals surface area contributed by atoms with Crippen molar-refractivity contribution in [1.29, 1.82) is 0 Å².